The van der Waals surface area contributed by atoms with E-state index in [1.807, 2.05) is 32.0 Å². The maximum Gasteiger partial charge on any atom is 0.275 e. The van der Waals surface area contributed by atoms with Crippen LogP contribution in [0.1, 0.15) is 41.4 Å². The first-order valence-electron chi connectivity index (χ1n) is 7.55. The number of unbranched alkanes of at least 4 members (excludes halogenated alkanes) is 1. The summed E-state index contributed by atoms with van der Waals surface area (Å²) < 4.78 is 0. The van der Waals surface area contributed by atoms with Crippen LogP contribution in [0.5, 0.6) is 0 Å². The van der Waals surface area contributed by atoms with Crippen molar-refractivity contribution < 1.29 is 4.79 Å². The van der Waals surface area contributed by atoms with Crippen LogP contribution in [-0.2, 0) is 0 Å². The van der Waals surface area contributed by atoms with E-state index in [2.05, 4.69) is 27.5 Å². The van der Waals surface area contributed by atoms with Crippen LogP contribution in [0, 0.1) is 13.8 Å². The summed E-state index contributed by atoms with van der Waals surface area (Å²) in [7, 11) is 0. The molecule has 0 spiro atoms. The minimum absolute atomic E-state index is 0.249. The zero-order valence-electron chi connectivity index (χ0n) is 13.3. The Morgan fingerprint density at radius 1 is 1.18 bits per heavy atom. The second-order valence-corrected chi connectivity index (χ2v) is 5.27. The minimum Gasteiger partial charge on any atom is -0.369 e. The molecule has 1 amide bonds. The molecule has 1 heterocycles. The van der Waals surface area contributed by atoms with Crippen LogP contribution < -0.4 is 10.6 Å². The maximum atomic E-state index is 12.2. The molecule has 2 rings (SSSR count). The predicted octanol–water partition coefficient (Wildman–Crippen LogP) is 3.56. The normalized spacial score (nSPS) is 10.3. The molecule has 0 unspecified atom stereocenters. The van der Waals surface area contributed by atoms with Crippen molar-refractivity contribution in [1.82, 2.24) is 9.97 Å². The van der Waals surface area contributed by atoms with Crippen molar-refractivity contribution in [3.63, 3.8) is 0 Å². The fourth-order valence-electron chi connectivity index (χ4n) is 2.00. The number of hydrogen-bond donors (Lipinski definition) is 2. The SMILES string of the molecule is CCCCNc1cnc(C(=O)Nc2cccc(C)c2C)cn1. The number of carbonyl (C=O) groups is 1. The Morgan fingerprint density at radius 2 is 2.00 bits per heavy atom. The smallest absolute Gasteiger partial charge is 0.275 e. The Labute approximate surface area is 131 Å². The second kappa shape index (κ2) is 7.54. The molecular weight excluding hydrogens is 276 g/mol. The lowest BCUT2D eigenvalue weighted by molar-refractivity contribution is 0.102. The van der Waals surface area contributed by atoms with E-state index in [0.717, 1.165) is 36.2 Å². The van der Waals surface area contributed by atoms with Crippen molar-refractivity contribution in [1.29, 1.82) is 0 Å². The number of aromatic nitrogens is 2. The zero-order valence-corrected chi connectivity index (χ0v) is 13.3. The highest BCUT2D eigenvalue weighted by atomic mass is 16.1. The molecule has 2 N–H and O–H groups in total. The molecular formula is C17H22N4O. The molecule has 116 valence electrons. The van der Waals surface area contributed by atoms with Crippen LogP contribution in [0.25, 0.3) is 0 Å². The van der Waals surface area contributed by atoms with Crippen LogP contribution in [0.15, 0.2) is 30.6 Å². The fourth-order valence-corrected chi connectivity index (χ4v) is 2.00. The van der Waals surface area contributed by atoms with Crippen molar-refractivity contribution in [2.24, 2.45) is 0 Å². The van der Waals surface area contributed by atoms with Gasteiger partial charge < -0.3 is 10.6 Å². The summed E-state index contributed by atoms with van der Waals surface area (Å²) in [6.45, 7) is 6.99. The van der Waals surface area contributed by atoms with E-state index in [0.29, 0.717) is 11.5 Å². The van der Waals surface area contributed by atoms with E-state index in [9.17, 15) is 4.79 Å². The first-order valence-corrected chi connectivity index (χ1v) is 7.55. The number of benzene rings is 1. The molecule has 0 atom stereocenters. The monoisotopic (exact) mass is 298 g/mol. The first-order chi connectivity index (χ1) is 10.6. The van der Waals surface area contributed by atoms with Gasteiger partial charge in [0.25, 0.3) is 5.91 Å². The quantitative estimate of drug-likeness (QED) is 0.800. The lowest BCUT2D eigenvalue weighted by Crippen LogP contribution is -2.15. The number of nitrogens with zero attached hydrogens (tertiary/aromatic N) is 2. The molecule has 22 heavy (non-hydrogen) atoms. The van der Waals surface area contributed by atoms with E-state index < -0.39 is 0 Å². The van der Waals surface area contributed by atoms with Crippen molar-refractivity contribution in [3.05, 3.63) is 47.4 Å². The van der Waals surface area contributed by atoms with Crippen LogP contribution in [-0.4, -0.2) is 22.4 Å². The van der Waals surface area contributed by atoms with Gasteiger partial charge in [-0.05, 0) is 37.5 Å². The third-order valence-corrected chi connectivity index (χ3v) is 3.57. The molecule has 5 heteroatoms. The molecule has 0 radical (unpaired) electrons. The average molecular weight is 298 g/mol. The number of carbonyl (C=O) groups excluding carboxylic acids is 1. The minimum atomic E-state index is -0.249. The summed E-state index contributed by atoms with van der Waals surface area (Å²) >= 11 is 0. The Balaban J connectivity index is 2.02. The first kappa shape index (κ1) is 15.9. The van der Waals surface area contributed by atoms with Crippen LogP contribution >= 0.6 is 0 Å². The lowest BCUT2D eigenvalue weighted by Gasteiger charge is -2.10. The van der Waals surface area contributed by atoms with E-state index in [1.165, 1.54) is 6.20 Å². The maximum absolute atomic E-state index is 12.2. The van der Waals surface area contributed by atoms with Gasteiger partial charge in [0, 0.05) is 12.2 Å². The number of amides is 1. The summed E-state index contributed by atoms with van der Waals surface area (Å²) in [5, 5.41) is 6.05. The molecule has 0 fully saturated rings. The highest BCUT2D eigenvalue weighted by Crippen LogP contribution is 2.18. The number of hydrogen-bond acceptors (Lipinski definition) is 4. The van der Waals surface area contributed by atoms with Gasteiger partial charge in [-0.15, -0.1) is 0 Å². The van der Waals surface area contributed by atoms with Crippen LogP contribution in [0.4, 0.5) is 11.5 Å². The van der Waals surface area contributed by atoms with Crippen molar-refractivity contribution in [2.45, 2.75) is 33.6 Å². The summed E-state index contributed by atoms with van der Waals surface area (Å²) in [6, 6.07) is 5.82. The third kappa shape index (κ3) is 4.04. The standard InChI is InChI=1S/C17H22N4O/c1-4-5-9-18-16-11-19-15(10-20-16)17(22)21-14-8-6-7-12(2)13(14)3/h6-8,10-11H,4-5,9H2,1-3H3,(H,18,20)(H,21,22). The van der Waals surface area contributed by atoms with Gasteiger partial charge in [-0.1, -0.05) is 25.5 Å². The van der Waals surface area contributed by atoms with Gasteiger partial charge >= 0.3 is 0 Å². The Kier molecular flexibility index (Phi) is 5.47. The summed E-state index contributed by atoms with van der Waals surface area (Å²) in [6.07, 6.45) is 5.29. The highest BCUT2D eigenvalue weighted by Gasteiger charge is 2.10. The lowest BCUT2D eigenvalue weighted by atomic mass is 10.1. The van der Waals surface area contributed by atoms with Gasteiger partial charge in [-0.2, -0.15) is 0 Å². The predicted molar refractivity (Wildman–Crippen MR) is 89.3 cm³/mol. The molecule has 0 bridgehead atoms. The van der Waals surface area contributed by atoms with Crippen molar-refractivity contribution in [3.8, 4) is 0 Å². The van der Waals surface area contributed by atoms with Crippen LogP contribution in [0.2, 0.25) is 0 Å². The van der Waals surface area contributed by atoms with Crippen LogP contribution in [0.3, 0.4) is 0 Å². The van der Waals surface area contributed by atoms with Gasteiger partial charge in [0.05, 0.1) is 12.4 Å². The van der Waals surface area contributed by atoms with Gasteiger partial charge in [0.2, 0.25) is 0 Å². The molecule has 1 aromatic carbocycles. The molecule has 5 nitrogen and oxygen atoms in total. The summed E-state index contributed by atoms with van der Waals surface area (Å²) in [5.41, 5.74) is 3.31. The third-order valence-electron chi connectivity index (χ3n) is 3.57. The molecule has 0 saturated carbocycles. The molecule has 2 aromatic rings. The highest BCUT2D eigenvalue weighted by molar-refractivity contribution is 6.03. The van der Waals surface area contributed by atoms with Gasteiger partial charge in [0.1, 0.15) is 11.5 Å². The average Bonchev–Trinajstić information content (AvgIpc) is 2.53. The zero-order chi connectivity index (χ0) is 15.9. The largest absolute Gasteiger partial charge is 0.369 e. The fraction of sp³-hybridized carbons (Fsp3) is 0.353. The number of aryl methyl sites for hydroxylation is 1. The van der Waals surface area contributed by atoms with E-state index in [1.54, 1.807) is 6.20 Å². The van der Waals surface area contributed by atoms with Crippen molar-refractivity contribution in [2.75, 3.05) is 17.2 Å². The van der Waals surface area contributed by atoms with E-state index >= 15 is 0 Å². The molecule has 0 saturated heterocycles. The number of rotatable bonds is 6. The Bertz CT molecular complexity index is 638. The van der Waals surface area contributed by atoms with Gasteiger partial charge in [0.15, 0.2) is 0 Å². The number of anilines is 2. The second-order valence-electron chi connectivity index (χ2n) is 5.27. The van der Waals surface area contributed by atoms with E-state index in [4.69, 9.17) is 0 Å². The molecule has 0 aliphatic rings. The molecule has 0 aliphatic carbocycles. The summed E-state index contributed by atoms with van der Waals surface area (Å²) in [5.74, 6) is 0.443. The Hall–Kier alpha value is -2.43. The van der Waals surface area contributed by atoms with Crippen molar-refractivity contribution >= 4 is 17.4 Å². The number of nitrogens with one attached hydrogen (secondary N) is 2. The Morgan fingerprint density at radius 3 is 2.68 bits per heavy atom. The van der Waals surface area contributed by atoms with E-state index in [-0.39, 0.29) is 5.91 Å². The van der Waals surface area contributed by atoms with Gasteiger partial charge in [-0.3, -0.25) is 4.79 Å². The summed E-state index contributed by atoms with van der Waals surface area (Å²) in [4.78, 5) is 20.6. The van der Waals surface area contributed by atoms with Gasteiger partial charge in [-0.25, -0.2) is 9.97 Å². The molecule has 1 aromatic heterocycles. The topological polar surface area (TPSA) is 66.9 Å². The molecule has 0 aliphatic heterocycles.